The molecule has 0 aliphatic rings. The first-order valence-electron chi connectivity index (χ1n) is 5.45. The number of aromatic nitrogens is 3. The van der Waals surface area contributed by atoms with Gasteiger partial charge in [0.2, 0.25) is 5.95 Å². The van der Waals surface area contributed by atoms with Crippen LogP contribution >= 0.6 is 11.6 Å². The number of carboxylic acids is 1. The number of nitrogens with zero attached hydrogens (tertiary/aromatic N) is 3. The minimum absolute atomic E-state index is 0.120. The molecule has 0 amide bonds. The van der Waals surface area contributed by atoms with Crippen LogP contribution in [0, 0.1) is 13.8 Å². The van der Waals surface area contributed by atoms with Crippen molar-refractivity contribution in [1.29, 1.82) is 0 Å². The van der Waals surface area contributed by atoms with Crippen molar-refractivity contribution in [1.82, 2.24) is 15.2 Å². The highest BCUT2D eigenvalue weighted by Crippen LogP contribution is 2.25. The number of carboxylic acid groups (broad SMARTS) is 1. The van der Waals surface area contributed by atoms with Crippen LogP contribution in [0.2, 0.25) is 5.02 Å². The van der Waals surface area contributed by atoms with Gasteiger partial charge in [-0.25, -0.2) is 9.78 Å². The van der Waals surface area contributed by atoms with Gasteiger partial charge in [0.1, 0.15) is 0 Å². The Balaban J connectivity index is 2.28. The normalized spacial score (nSPS) is 10.3. The lowest BCUT2D eigenvalue weighted by atomic mass is 10.2. The highest BCUT2D eigenvalue weighted by Gasteiger charge is 2.09. The summed E-state index contributed by atoms with van der Waals surface area (Å²) in [6.45, 7) is 3.64. The second-order valence-electron chi connectivity index (χ2n) is 3.93. The maximum Gasteiger partial charge on any atom is 0.335 e. The lowest BCUT2D eigenvalue weighted by Gasteiger charge is -2.08. The van der Waals surface area contributed by atoms with E-state index in [2.05, 4.69) is 20.5 Å². The van der Waals surface area contributed by atoms with E-state index in [0.717, 1.165) is 11.4 Å². The molecule has 7 heteroatoms. The van der Waals surface area contributed by atoms with Crippen LogP contribution in [0.25, 0.3) is 0 Å². The Hall–Kier alpha value is -2.21. The van der Waals surface area contributed by atoms with Crippen molar-refractivity contribution in [2.24, 2.45) is 0 Å². The smallest absolute Gasteiger partial charge is 0.335 e. The molecule has 98 valence electrons. The maximum atomic E-state index is 10.8. The van der Waals surface area contributed by atoms with Crippen molar-refractivity contribution < 1.29 is 9.90 Å². The van der Waals surface area contributed by atoms with Gasteiger partial charge in [0.15, 0.2) is 0 Å². The van der Waals surface area contributed by atoms with Gasteiger partial charge in [-0.2, -0.15) is 5.10 Å². The molecule has 0 fully saturated rings. The number of aryl methyl sites for hydroxylation is 2. The molecule has 2 aromatic rings. The summed E-state index contributed by atoms with van der Waals surface area (Å²) in [7, 11) is 0. The summed E-state index contributed by atoms with van der Waals surface area (Å²) in [5.41, 5.74) is 2.15. The maximum absolute atomic E-state index is 10.8. The first-order chi connectivity index (χ1) is 8.97. The zero-order chi connectivity index (χ0) is 14.0. The zero-order valence-electron chi connectivity index (χ0n) is 10.3. The van der Waals surface area contributed by atoms with Crippen molar-refractivity contribution in [2.75, 3.05) is 5.32 Å². The van der Waals surface area contributed by atoms with Crippen LogP contribution in [0.4, 0.5) is 11.6 Å². The predicted molar refractivity (Wildman–Crippen MR) is 71.0 cm³/mol. The van der Waals surface area contributed by atoms with E-state index in [4.69, 9.17) is 16.7 Å². The molecule has 0 saturated heterocycles. The van der Waals surface area contributed by atoms with E-state index in [1.54, 1.807) is 6.07 Å². The first kappa shape index (κ1) is 13.2. The molecule has 0 aliphatic heterocycles. The average molecular weight is 279 g/mol. The molecule has 1 heterocycles. The Morgan fingerprint density at radius 2 is 2.00 bits per heavy atom. The molecule has 0 spiro atoms. The Bertz CT molecular complexity index is 646. The van der Waals surface area contributed by atoms with Crippen LogP contribution in [0.3, 0.4) is 0 Å². The van der Waals surface area contributed by atoms with Gasteiger partial charge in [-0.1, -0.05) is 11.6 Å². The molecule has 19 heavy (non-hydrogen) atoms. The number of halogens is 1. The largest absolute Gasteiger partial charge is 0.478 e. The SMILES string of the molecule is Cc1nnc(Nc2ccc(C(=O)O)cc2Cl)nc1C. The molecule has 2 N–H and O–H groups in total. The van der Waals surface area contributed by atoms with Gasteiger partial charge < -0.3 is 10.4 Å². The summed E-state index contributed by atoms with van der Waals surface area (Å²) in [5.74, 6) is -0.717. The molecule has 0 radical (unpaired) electrons. The first-order valence-corrected chi connectivity index (χ1v) is 5.83. The Morgan fingerprint density at radius 1 is 1.26 bits per heavy atom. The van der Waals surface area contributed by atoms with Crippen molar-refractivity contribution in [3.63, 3.8) is 0 Å². The second-order valence-corrected chi connectivity index (χ2v) is 4.34. The van der Waals surface area contributed by atoms with Crippen LogP contribution in [-0.2, 0) is 0 Å². The molecule has 2 rings (SSSR count). The molecule has 0 bridgehead atoms. The molecule has 6 nitrogen and oxygen atoms in total. The molecule has 1 aromatic heterocycles. The molecular weight excluding hydrogens is 268 g/mol. The Morgan fingerprint density at radius 3 is 2.58 bits per heavy atom. The number of rotatable bonds is 3. The highest BCUT2D eigenvalue weighted by atomic mass is 35.5. The summed E-state index contributed by atoms with van der Waals surface area (Å²) in [6, 6.07) is 4.37. The average Bonchev–Trinajstić information content (AvgIpc) is 2.36. The minimum atomic E-state index is -1.03. The van der Waals surface area contributed by atoms with Crippen LogP contribution in [0.5, 0.6) is 0 Å². The summed E-state index contributed by atoms with van der Waals surface area (Å²) >= 11 is 5.99. The number of hydrogen-bond acceptors (Lipinski definition) is 5. The van der Waals surface area contributed by atoms with Gasteiger partial charge in [-0.05, 0) is 32.0 Å². The number of hydrogen-bond donors (Lipinski definition) is 2. The molecule has 0 saturated carbocycles. The van der Waals surface area contributed by atoms with Gasteiger partial charge in [0, 0.05) is 0 Å². The summed E-state index contributed by atoms with van der Waals surface area (Å²) in [5, 5.41) is 19.8. The van der Waals surface area contributed by atoms with Crippen molar-refractivity contribution in [3.8, 4) is 0 Å². The van der Waals surface area contributed by atoms with E-state index in [0.29, 0.717) is 11.6 Å². The zero-order valence-corrected chi connectivity index (χ0v) is 11.1. The molecule has 0 atom stereocenters. The third kappa shape index (κ3) is 2.97. The Kier molecular flexibility index (Phi) is 3.62. The van der Waals surface area contributed by atoms with Crippen molar-refractivity contribution in [3.05, 3.63) is 40.2 Å². The molecule has 1 aromatic carbocycles. The molecular formula is C12H11ClN4O2. The Labute approximate surface area is 114 Å². The van der Waals surface area contributed by atoms with E-state index in [9.17, 15) is 4.79 Å². The number of nitrogens with one attached hydrogen (secondary N) is 1. The fourth-order valence-electron chi connectivity index (χ4n) is 1.38. The van der Waals surface area contributed by atoms with Crippen LogP contribution in [0.15, 0.2) is 18.2 Å². The second kappa shape index (κ2) is 5.19. The predicted octanol–water partition coefficient (Wildman–Crippen LogP) is 2.58. The lowest BCUT2D eigenvalue weighted by Crippen LogP contribution is -2.04. The summed E-state index contributed by atoms with van der Waals surface area (Å²) in [6.07, 6.45) is 0. The van der Waals surface area contributed by atoms with Crippen LogP contribution in [-0.4, -0.2) is 26.3 Å². The van der Waals surface area contributed by atoms with Gasteiger partial charge in [0.05, 0.1) is 27.7 Å². The van der Waals surface area contributed by atoms with Gasteiger partial charge in [-0.15, -0.1) is 5.10 Å². The summed E-state index contributed by atoms with van der Waals surface area (Å²) < 4.78 is 0. The number of anilines is 2. The minimum Gasteiger partial charge on any atom is -0.478 e. The monoisotopic (exact) mass is 278 g/mol. The quantitative estimate of drug-likeness (QED) is 0.897. The number of carbonyl (C=O) groups is 1. The third-order valence-corrected chi connectivity index (χ3v) is 2.87. The van der Waals surface area contributed by atoms with E-state index in [-0.39, 0.29) is 10.6 Å². The standard InChI is InChI=1S/C12H11ClN4O2/c1-6-7(2)16-17-12(14-6)15-10-4-3-8(11(18)19)5-9(10)13/h3-5H,1-2H3,(H,18,19)(H,14,15,17). The molecule has 0 unspecified atom stereocenters. The van der Waals surface area contributed by atoms with Gasteiger partial charge in [-0.3, -0.25) is 0 Å². The van der Waals surface area contributed by atoms with Crippen LogP contribution < -0.4 is 5.32 Å². The molecule has 0 aliphatic carbocycles. The van der Waals surface area contributed by atoms with Crippen LogP contribution in [0.1, 0.15) is 21.7 Å². The lowest BCUT2D eigenvalue weighted by molar-refractivity contribution is 0.0697. The van der Waals surface area contributed by atoms with Crippen molar-refractivity contribution >= 4 is 29.2 Å². The van der Waals surface area contributed by atoms with E-state index < -0.39 is 5.97 Å². The van der Waals surface area contributed by atoms with Gasteiger partial charge >= 0.3 is 5.97 Å². The van der Waals surface area contributed by atoms with E-state index >= 15 is 0 Å². The number of aromatic carboxylic acids is 1. The number of benzene rings is 1. The fourth-order valence-corrected chi connectivity index (χ4v) is 1.61. The van der Waals surface area contributed by atoms with Crippen molar-refractivity contribution in [2.45, 2.75) is 13.8 Å². The summed E-state index contributed by atoms with van der Waals surface area (Å²) in [4.78, 5) is 15.0. The van der Waals surface area contributed by atoms with Gasteiger partial charge in [0.25, 0.3) is 0 Å². The van der Waals surface area contributed by atoms with E-state index in [1.165, 1.54) is 12.1 Å². The van der Waals surface area contributed by atoms with E-state index in [1.807, 2.05) is 13.8 Å². The topological polar surface area (TPSA) is 88.0 Å². The highest BCUT2D eigenvalue weighted by molar-refractivity contribution is 6.33. The third-order valence-electron chi connectivity index (χ3n) is 2.55. The fraction of sp³-hybridized carbons (Fsp3) is 0.167.